The molecule has 0 bridgehead atoms. The van der Waals surface area contributed by atoms with Crippen molar-refractivity contribution >= 4 is 11.6 Å². The Morgan fingerprint density at radius 1 is 1.10 bits per heavy atom. The number of fused-ring (bicyclic) bond motifs is 1. The van der Waals surface area contributed by atoms with Crippen molar-refractivity contribution in [3.63, 3.8) is 0 Å². The van der Waals surface area contributed by atoms with Crippen LogP contribution in [-0.2, 0) is 4.79 Å². The Bertz CT molecular complexity index is 1030. The third-order valence-electron chi connectivity index (χ3n) is 6.04. The smallest absolute Gasteiger partial charge is 0.263 e. The summed E-state index contributed by atoms with van der Waals surface area (Å²) in [5, 5.41) is 8.66. The van der Waals surface area contributed by atoms with E-state index in [4.69, 9.17) is 4.74 Å². The van der Waals surface area contributed by atoms with Crippen LogP contribution in [0, 0.1) is 6.92 Å². The Kier molecular flexibility index (Phi) is 5.75. The third-order valence-corrected chi connectivity index (χ3v) is 6.04. The summed E-state index contributed by atoms with van der Waals surface area (Å²) in [6, 6.07) is 12.2. The van der Waals surface area contributed by atoms with E-state index in [-0.39, 0.29) is 5.91 Å². The zero-order valence-electron chi connectivity index (χ0n) is 18.2. The maximum atomic E-state index is 13.0. The zero-order chi connectivity index (χ0) is 21.3. The highest BCUT2D eigenvalue weighted by molar-refractivity contribution is 5.81. The molecule has 3 heterocycles. The van der Waals surface area contributed by atoms with Crippen LogP contribution in [0.25, 0.3) is 5.65 Å². The molecule has 4 rings (SSSR count). The van der Waals surface area contributed by atoms with E-state index in [1.165, 1.54) is 5.56 Å². The minimum atomic E-state index is -0.503. The van der Waals surface area contributed by atoms with Crippen molar-refractivity contribution in [2.45, 2.75) is 58.5 Å². The molecule has 6 nitrogen and oxygen atoms in total. The van der Waals surface area contributed by atoms with E-state index < -0.39 is 6.10 Å². The molecule has 0 aliphatic carbocycles. The van der Waals surface area contributed by atoms with Gasteiger partial charge in [0.15, 0.2) is 11.8 Å². The Morgan fingerprint density at radius 3 is 2.60 bits per heavy atom. The molecule has 1 amide bonds. The minimum Gasteiger partial charge on any atom is -0.481 e. The van der Waals surface area contributed by atoms with Gasteiger partial charge in [-0.05, 0) is 61.9 Å². The first-order valence-corrected chi connectivity index (χ1v) is 10.8. The number of aryl methyl sites for hydroxylation is 1. The molecule has 1 unspecified atom stereocenters. The Labute approximate surface area is 177 Å². The van der Waals surface area contributed by atoms with E-state index in [1.54, 1.807) is 0 Å². The van der Waals surface area contributed by atoms with Crippen LogP contribution < -0.4 is 4.74 Å². The summed E-state index contributed by atoms with van der Waals surface area (Å²) in [7, 11) is 0. The highest BCUT2D eigenvalue weighted by atomic mass is 16.5. The fourth-order valence-corrected chi connectivity index (χ4v) is 4.10. The maximum Gasteiger partial charge on any atom is 0.263 e. The minimum absolute atomic E-state index is 0.0499. The summed E-state index contributed by atoms with van der Waals surface area (Å²) in [5.74, 6) is 2.57. The van der Waals surface area contributed by atoms with E-state index >= 15 is 0 Å². The SMILES string of the molecule is Cc1ccc(C(C)C)cc1OC(C)C(=O)N1CCC(c2nnc3ccccn23)CC1. The molecule has 0 N–H and O–H groups in total. The predicted octanol–water partition coefficient (Wildman–Crippen LogP) is 4.33. The first-order valence-electron chi connectivity index (χ1n) is 10.8. The summed E-state index contributed by atoms with van der Waals surface area (Å²) in [4.78, 5) is 14.9. The van der Waals surface area contributed by atoms with E-state index in [0.717, 1.165) is 35.6 Å². The molecule has 1 aromatic carbocycles. The number of benzene rings is 1. The summed E-state index contributed by atoms with van der Waals surface area (Å²) < 4.78 is 8.14. The van der Waals surface area contributed by atoms with Crippen LogP contribution in [0.2, 0.25) is 0 Å². The van der Waals surface area contributed by atoms with E-state index in [9.17, 15) is 4.79 Å². The molecule has 0 spiro atoms. The molecule has 6 heteroatoms. The van der Waals surface area contributed by atoms with Gasteiger partial charge in [-0.3, -0.25) is 9.20 Å². The molecule has 1 aliphatic rings. The Morgan fingerprint density at radius 2 is 1.87 bits per heavy atom. The number of carbonyl (C=O) groups is 1. The van der Waals surface area contributed by atoms with E-state index in [1.807, 2.05) is 43.1 Å². The lowest BCUT2D eigenvalue weighted by atomic mass is 9.95. The van der Waals surface area contributed by atoms with Gasteiger partial charge in [0.05, 0.1) is 0 Å². The molecular weight excluding hydrogens is 376 g/mol. The number of ether oxygens (including phenoxy) is 1. The van der Waals surface area contributed by atoms with Gasteiger partial charge in [0.1, 0.15) is 11.6 Å². The van der Waals surface area contributed by atoms with Crippen molar-refractivity contribution < 1.29 is 9.53 Å². The highest BCUT2D eigenvalue weighted by Gasteiger charge is 2.29. The number of pyridine rings is 1. The molecule has 1 aliphatic heterocycles. The van der Waals surface area contributed by atoms with Crippen molar-refractivity contribution in [2.75, 3.05) is 13.1 Å². The molecule has 1 saturated heterocycles. The quantitative estimate of drug-likeness (QED) is 0.633. The summed E-state index contributed by atoms with van der Waals surface area (Å²) in [6.07, 6.45) is 3.27. The molecule has 3 aromatic rings. The number of likely N-dealkylation sites (tertiary alicyclic amines) is 1. The van der Waals surface area contributed by atoms with Crippen LogP contribution >= 0.6 is 0 Å². The lowest BCUT2D eigenvalue weighted by Gasteiger charge is -2.33. The number of piperidine rings is 1. The number of nitrogens with zero attached hydrogens (tertiary/aromatic N) is 4. The molecule has 0 radical (unpaired) electrons. The molecule has 0 saturated carbocycles. The number of carbonyl (C=O) groups excluding carboxylic acids is 1. The lowest BCUT2D eigenvalue weighted by Crippen LogP contribution is -2.44. The fraction of sp³-hybridized carbons (Fsp3) is 0.458. The van der Waals surface area contributed by atoms with E-state index in [2.05, 4.69) is 46.6 Å². The van der Waals surface area contributed by atoms with Gasteiger partial charge in [-0.25, -0.2) is 0 Å². The van der Waals surface area contributed by atoms with Crippen LogP contribution in [0.4, 0.5) is 0 Å². The van der Waals surface area contributed by atoms with Crippen LogP contribution in [0.3, 0.4) is 0 Å². The van der Waals surface area contributed by atoms with E-state index in [0.29, 0.717) is 24.9 Å². The number of hydrogen-bond acceptors (Lipinski definition) is 4. The highest BCUT2D eigenvalue weighted by Crippen LogP contribution is 2.29. The predicted molar refractivity (Wildman–Crippen MR) is 117 cm³/mol. The second kappa shape index (κ2) is 8.46. The van der Waals surface area contributed by atoms with Crippen molar-refractivity contribution in [3.8, 4) is 5.75 Å². The average molecular weight is 407 g/mol. The van der Waals surface area contributed by atoms with Gasteiger partial charge in [0.25, 0.3) is 5.91 Å². The average Bonchev–Trinajstić information content (AvgIpc) is 3.19. The summed E-state index contributed by atoms with van der Waals surface area (Å²) in [6.45, 7) is 9.61. The second-order valence-electron chi connectivity index (χ2n) is 8.53. The molecular formula is C24H30N4O2. The lowest BCUT2D eigenvalue weighted by molar-refractivity contribution is -0.139. The Balaban J connectivity index is 1.39. The normalized spacial score (nSPS) is 16.2. The monoisotopic (exact) mass is 406 g/mol. The summed E-state index contributed by atoms with van der Waals surface area (Å²) in [5.41, 5.74) is 3.14. The molecule has 1 atom stereocenters. The van der Waals surface area contributed by atoms with Crippen molar-refractivity contribution in [2.24, 2.45) is 0 Å². The van der Waals surface area contributed by atoms with Gasteiger partial charge in [-0.15, -0.1) is 10.2 Å². The van der Waals surface area contributed by atoms with Crippen molar-refractivity contribution in [1.29, 1.82) is 0 Å². The van der Waals surface area contributed by atoms with Gasteiger partial charge in [0.2, 0.25) is 0 Å². The second-order valence-corrected chi connectivity index (χ2v) is 8.53. The van der Waals surface area contributed by atoms with Gasteiger partial charge < -0.3 is 9.64 Å². The number of aromatic nitrogens is 3. The van der Waals surface area contributed by atoms with Gasteiger partial charge in [-0.2, -0.15) is 0 Å². The topological polar surface area (TPSA) is 59.7 Å². The van der Waals surface area contributed by atoms with Crippen LogP contribution in [0.5, 0.6) is 5.75 Å². The Hall–Kier alpha value is -2.89. The van der Waals surface area contributed by atoms with Crippen molar-refractivity contribution in [3.05, 3.63) is 59.5 Å². The molecule has 1 fully saturated rings. The number of hydrogen-bond donors (Lipinski definition) is 0. The largest absolute Gasteiger partial charge is 0.481 e. The third kappa shape index (κ3) is 4.04. The van der Waals surface area contributed by atoms with Crippen molar-refractivity contribution in [1.82, 2.24) is 19.5 Å². The van der Waals surface area contributed by atoms with Crippen LogP contribution in [0.1, 0.15) is 62.4 Å². The van der Waals surface area contributed by atoms with Crippen LogP contribution in [0.15, 0.2) is 42.6 Å². The molecule has 2 aromatic heterocycles. The standard InChI is InChI=1S/C24H30N4O2/c1-16(2)20-9-8-17(3)21(15-20)30-18(4)24(29)27-13-10-19(11-14-27)23-26-25-22-7-5-6-12-28(22)23/h5-9,12,15-16,18-19H,10-11,13-14H2,1-4H3. The number of amides is 1. The number of rotatable bonds is 5. The van der Waals surface area contributed by atoms with Crippen LogP contribution in [-0.4, -0.2) is 44.6 Å². The summed E-state index contributed by atoms with van der Waals surface area (Å²) >= 11 is 0. The zero-order valence-corrected chi connectivity index (χ0v) is 18.2. The van der Waals surface area contributed by atoms with Gasteiger partial charge >= 0.3 is 0 Å². The first-order chi connectivity index (χ1) is 14.4. The first kappa shape index (κ1) is 20.4. The van der Waals surface area contributed by atoms with Gasteiger partial charge in [0, 0.05) is 25.2 Å². The molecule has 158 valence electrons. The fourth-order valence-electron chi connectivity index (χ4n) is 4.10. The molecule has 30 heavy (non-hydrogen) atoms. The maximum absolute atomic E-state index is 13.0. The van der Waals surface area contributed by atoms with Gasteiger partial charge in [-0.1, -0.05) is 32.0 Å².